The first kappa shape index (κ1) is 28.2. The molecule has 0 radical (unpaired) electrons. The zero-order valence-corrected chi connectivity index (χ0v) is 21.1. The van der Waals surface area contributed by atoms with E-state index in [1.807, 2.05) is 18.2 Å². The Morgan fingerprint density at radius 2 is 0.968 bits per heavy atom. The van der Waals surface area contributed by atoms with Crippen molar-refractivity contribution in [1.29, 1.82) is 0 Å². The number of hydrogen-bond donors (Lipinski definition) is 0. The van der Waals surface area contributed by atoms with E-state index in [0.717, 1.165) is 25.7 Å². The molecule has 1 aromatic carbocycles. The van der Waals surface area contributed by atoms with Crippen LogP contribution in [0.15, 0.2) is 30.3 Å². The van der Waals surface area contributed by atoms with E-state index in [1.54, 1.807) is 12.1 Å². The van der Waals surface area contributed by atoms with Crippen molar-refractivity contribution in [3.63, 3.8) is 0 Å². The fourth-order valence-electron chi connectivity index (χ4n) is 3.53. The summed E-state index contributed by atoms with van der Waals surface area (Å²) in [6.45, 7) is 5.31. The fraction of sp³-hybridized carbons (Fsp3) is 0.769. The largest absolute Gasteiger partial charge is 0.530 e. The van der Waals surface area contributed by atoms with Crippen LogP contribution in [0.2, 0.25) is 0 Å². The van der Waals surface area contributed by atoms with Crippen LogP contribution in [0.3, 0.4) is 0 Å². The van der Waals surface area contributed by atoms with Crippen LogP contribution in [0.5, 0.6) is 5.75 Å². The van der Waals surface area contributed by atoms with Gasteiger partial charge >= 0.3 is 7.82 Å². The molecule has 0 aliphatic rings. The summed E-state index contributed by atoms with van der Waals surface area (Å²) in [4.78, 5) is 0. The number of rotatable bonds is 22. The van der Waals surface area contributed by atoms with Gasteiger partial charge in [-0.05, 0) is 25.0 Å². The second-order valence-corrected chi connectivity index (χ2v) is 10.1. The molecule has 5 heteroatoms. The molecule has 0 aliphatic heterocycles. The first-order valence-electron chi connectivity index (χ1n) is 12.8. The number of phosphoric acid groups is 1. The highest BCUT2D eigenvalue weighted by Crippen LogP contribution is 2.49. The molecule has 0 aromatic heterocycles. The Morgan fingerprint density at radius 1 is 0.581 bits per heavy atom. The van der Waals surface area contributed by atoms with E-state index >= 15 is 0 Å². The highest BCUT2D eigenvalue weighted by molar-refractivity contribution is 7.48. The molecular formula is C26H47O4P. The first-order valence-corrected chi connectivity index (χ1v) is 14.3. The summed E-state index contributed by atoms with van der Waals surface area (Å²) in [5, 5.41) is 0. The highest BCUT2D eigenvalue weighted by Gasteiger charge is 2.28. The van der Waals surface area contributed by atoms with Crippen LogP contribution >= 0.6 is 7.82 Å². The minimum atomic E-state index is -3.58. The predicted molar refractivity (Wildman–Crippen MR) is 132 cm³/mol. The van der Waals surface area contributed by atoms with Gasteiger partial charge in [0, 0.05) is 0 Å². The van der Waals surface area contributed by atoms with Gasteiger partial charge in [0.1, 0.15) is 5.75 Å². The lowest BCUT2D eigenvalue weighted by molar-refractivity contribution is 0.150. The van der Waals surface area contributed by atoms with Crippen molar-refractivity contribution in [2.24, 2.45) is 0 Å². The van der Waals surface area contributed by atoms with Crippen molar-refractivity contribution >= 4 is 7.82 Å². The minimum absolute atomic E-state index is 0.413. The Kier molecular flexibility index (Phi) is 18.0. The third-order valence-electron chi connectivity index (χ3n) is 5.46. The van der Waals surface area contributed by atoms with Crippen LogP contribution in [0.1, 0.15) is 117 Å². The monoisotopic (exact) mass is 454 g/mol. The molecule has 0 bridgehead atoms. The van der Waals surface area contributed by atoms with Gasteiger partial charge in [-0.3, -0.25) is 9.05 Å². The Bertz CT molecular complexity index is 524. The van der Waals surface area contributed by atoms with E-state index in [2.05, 4.69) is 13.8 Å². The van der Waals surface area contributed by atoms with E-state index in [-0.39, 0.29) is 0 Å². The van der Waals surface area contributed by atoms with E-state index in [1.165, 1.54) is 77.0 Å². The highest BCUT2D eigenvalue weighted by atomic mass is 31.2. The van der Waals surface area contributed by atoms with Crippen molar-refractivity contribution in [3.05, 3.63) is 30.3 Å². The maximum atomic E-state index is 13.1. The van der Waals surface area contributed by atoms with Crippen molar-refractivity contribution in [2.75, 3.05) is 13.2 Å². The number of para-hydroxylation sites is 1. The van der Waals surface area contributed by atoms with Crippen molar-refractivity contribution in [2.45, 2.75) is 117 Å². The maximum Gasteiger partial charge on any atom is 0.530 e. The van der Waals surface area contributed by atoms with Gasteiger partial charge in [-0.1, -0.05) is 122 Å². The normalized spacial score (nSPS) is 11.7. The average molecular weight is 455 g/mol. The number of hydrogen-bond acceptors (Lipinski definition) is 4. The van der Waals surface area contributed by atoms with Crippen molar-refractivity contribution in [1.82, 2.24) is 0 Å². The lowest BCUT2D eigenvalue weighted by atomic mass is 10.1. The molecule has 0 unspecified atom stereocenters. The van der Waals surface area contributed by atoms with Gasteiger partial charge in [0.25, 0.3) is 0 Å². The van der Waals surface area contributed by atoms with Crippen LogP contribution in [-0.2, 0) is 13.6 Å². The third-order valence-corrected chi connectivity index (χ3v) is 6.89. The molecular weight excluding hydrogens is 407 g/mol. The van der Waals surface area contributed by atoms with Crippen LogP contribution in [0, 0.1) is 0 Å². The van der Waals surface area contributed by atoms with E-state index < -0.39 is 7.82 Å². The molecule has 0 fully saturated rings. The van der Waals surface area contributed by atoms with Gasteiger partial charge in [-0.2, -0.15) is 0 Å². The molecule has 0 saturated heterocycles. The lowest BCUT2D eigenvalue weighted by Crippen LogP contribution is -2.05. The Balaban J connectivity index is 2.27. The van der Waals surface area contributed by atoms with E-state index in [9.17, 15) is 4.57 Å². The molecule has 31 heavy (non-hydrogen) atoms. The van der Waals surface area contributed by atoms with Gasteiger partial charge in [0.2, 0.25) is 0 Å². The molecule has 1 aromatic rings. The minimum Gasteiger partial charge on any atom is -0.404 e. The summed E-state index contributed by atoms with van der Waals surface area (Å²) < 4.78 is 30.1. The molecule has 0 atom stereocenters. The standard InChI is InChI=1S/C26H47O4P/c1-3-5-7-9-11-13-15-20-24-28-31(27,30-26-22-18-17-19-23-26)29-25-21-16-14-12-10-8-6-4-2/h17-19,22-23H,3-16,20-21,24-25H2,1-2H3. The molecule has 180 valence electrons. The van der Waals surface area contributed by atoms with Crippen LogP contribution in [-0.4, -0.2) is 13.2 Å². The molecule has 0 spiro atoms. The second-order valence-electron chi connectivity index (χ2n) is 8.47. The molecule has 0 N–H and O–H groups in total. The predicted octanol–water partition coefficient (Wildman–Crippen LogP) is 9.49. The second kappa shape index (κ2) is 19.8. The van der Waals surface area contributed by atoms with Crippen LogP contribution in [0.4, 0.5) is 0 Å². The Morgan fingerprint density at radius 3 is 1.39 bits per heavy atom. The maximum absolute atomic E-state index is 13.1. The SMILES string of the molecule is CCCCCCCCCCOP(=O)(OCCCCCCCCCC)Oc1ccccc1. The third kappa shape index (κ3) is 16.5. The number of phosphoric ester groups is 1. The summed E-state index contributed by atoms with van der Waals surface area (Å²) in [6.07, 6.45) is 19.4. The first-order chi connectivity index (χ1) is 15.2. The Labute approximate surface area is 192 Å². The van der Waals surface area contributed by atoms with Gasteiger partial charge < -0.3 is 4.52 Å². The molecule has 1 rings (SSSR count). The Hall–Kier alpha value is -0.830. The molecule has 0 heterocycles. The summed E-state index contributed by atoms with van der Waals surface area (Å²) in [6, 6.07) is 9.19. The summed E-state index contributed by atoms with van der Waals surface area (Å²) >= 11 is 0. The molecule has 0 saturated carbocycles. The van der Waals surface area contributed by atoms with Crippen LogP contribution < -0.4 is 4.52 Å². The zero-order valence-electron chi connectivity index (χ0n) is 20.2. The van der Waals surface area contributed by atoms with Gasteiger partial charge in [0.15, 0.2) is 0 Å². The molecule has 0 aliphatic carbocycles. The number of benzene rings is 1. The lowest BCUT2D eigenvalue weighted by Gasteiger charge is -2.18. The van der Waals surface area contributed by atoms with Gasteiger partial charge in [-0.25, -0.2) is 4.57 Å². The van der Waals surface area contributed by atoms with Crippen molar-refractivity contribution < 1.29 is 18.1 Å². The zero-order chi connectivity index (χ0) is 22.5. The van der Waals surface area contributed by atoms with Crippen molar-refractivity contribution in [3.8, 4) is 5.75 Å². The van der Waals surface area contributed by atoms with E-state index in [4.69, 9.17) is 13.6 Å². The molecule has 0 amide bonds. The van der Waals surface area contributed by atoms with Crippen LogP contribution in [0.25, 0.3) is 0 Å². The quantitative estimate of drug-likeness (QED) is 0.129. The fourth-order valence-corrected chi connectivity index (χ4v) is 4.79. The summed E-state index contributed by atoms with van der Waals surface area (Å²) in [5.41, 5.74) is 0. The topological polar surface area (TPSA) is 44.8 Å². The van der Waals surface area contributed by atoms with E-state index in [0.29, 0.717) is 19.0 Å². The molecule has 4 nitrogen and oxygen atoms in total. The van der Waals surface area contributed by atoms with Gasteiger partial charge in [-0.15, -0.1) is 0 Å². The average Bonchev–Trinajstić information content (AvgIpc) is 2.77. The van der Waals surface area contributed by atoms with Gasteiger partial charge in [0.05, 0.1) is 13.2 Å². The number of unbranched alkanes of at least 4 members (excludes halogenated alkanes) is 14. The summed E-state index contributed by atoms with van der Waals surface area (Å²) in [5.74, 6) is 0.526. The summed E-state index contributed by atoms with van der Waals surface area (Å²) in [7, 11) is -3.58. The smallest absolute Gasteiger partial charge is 0.404 e.